The Morgan fingerprint density at radius 1 is 0.641 bits per heavy atom. The summed E-state index contributed by atoms with van der Waals surface area (Å²) in [6, 6.07) is 44.9. The number of carbonyl (C=O) groups excluding carboxylic acids is 1. The maximum Gasteiger partial charge on any atom is 0.268 e. The predicted octanol–water partition coefficient (Wildman–Crippen LogP) is 8.71. The summed E-state index contributed by atoms with van der Waals surface area (Å²) in [7, 11) is -4.14. The first kappa shape index (κ1) is 46.8. The topological polar surface area (TPSA) is 135 Å². The van der Waals surface area contributed by atoms with Crippen LogP contribution in [-0.4, -0.2) is 73.7 Å². The van der Waals surface area contributed by atoms with Gasteiger partial charge in [0.1, 0.15) is 30.5 Å². The number of carbonyl (C=O) groups is 1. The molecule has 6 atom stereocenters. The third kappa shape index (κ3) is 11.0. The van der Waals surface area contributed by atoms with E-state index in [1.165, 1.54) is 10.9 Å². The minimum atomic E-state index is -4.14. The largest absolute Gasteiger partial charge is 0.387 e. The van der Waals surface area contributed by atoms with Gasteiger partial charge >= 0.3 is 0 Å². The maximum atomic E-state index is 14.6. The first-order valence-electron chi connectivity index (χ1n) is 22.3. The highest BCUT2D eigenvalue weighted by Crippen LogP contribution is 2.49. The van der Waals surface area contributed by atoms with Gasteiger partial charge in [0.2, 0.25) is 5.91 Å². The average Bonchev–Trinajstić information content (AvgIpc) is 3.73. The molecule has 5 aromatic carbocycles. The van der Waals surface area contributed by atoms with Gasteiger partial charge in [-0.3, -0.25) is 4.79 Å². The molecule has 0 aliphatic heterocycles. The molecular weight excluding hydrogens is 829 g/mol. The third-order valence-electron chi connectivity index (χ3n) is 11.7. The normalized spacial score (nSPS) is 21.2. The number of benzene rings is 5. The van der Waals surface area contributed by atoms with Crippen molar-refractivity contribution >= 4 is 26.8 Å². The molecule has 338 valence electrons. The quantitative estimate of drug-likeness (QED) is 0.0606. The van der Waals surface area contributed by atoms with Crippen LogP contribution in [0.5, 0.6) is 0 Å². The molecular formula is C52H60N2O9S. The number of fused-ring (bicyclic) bond motifs is 1. The minimum absolute atomic E-state index is 0.0345. The van der Waals surface area contributed by atoms with Crippen molar-refractivity contribution in [1.29, 1.82) is 0 Å². The number of aliphatic hydroxyl groups excluding tert-OH is 1. The molecule has 11 nitrogen and oxygen atoms in total. The standard InChI is InChI=1S/C52H60N2O9S/c1-3-63-52(45-35-54(46-32-20-19-31-44(45)46)64(57,58)43-29-17-10-18-30-43)50(56)48(59-34-22-6-4-5-21-33-53-39(2)55)47(60-36-40-23-11-7-12-24-40)49(61-37-41-25-13-8-14-26-41)51(52)62-38-42-27-15-9-16-28-42/h7-20,23-32,35,47-51,56H,3-6,21-22,33-34,36-38H2,1-2H3,(H,53,55). The van der Waals surface area contributed by atoms with Crippen LogP contribution in [-0.2, 0) is 63.9 Å². The summed E-state index contributed by atoms with van der Waals surface area (Å²) in [5, 5.41) is 16.8. The van der Waals surface area contributed by atoms with Crippen molar-refractivity contribution in [2.45, 2.75) is 107 Å². The van der Waals surface area contributed by atoms with E-state index >= 15 is 0 Å². The van der Waals surface area contributed by atoms with Gasteiger partial charge in [-0.25, -0.2) is 12.4 Å². The Labute approximate surface area is 377 Å². The van der Waals surface area contributed by atoms with E-state index in [1.807, 2.05) is 110 Å². The van der Waals surface area contributed by atoms with Gasteiger partial charge in [-0.1, -0.05) is 147 Å². The van der Waals surface area contributed by atoms with Gasteiger partial charge in [0.05, 0.1) is 30.2 Å². The lowest BCUT2D eigenvalue weighted by Crippen LogP contribution is -2.71. The summed E-state index contributed by atoms with van der Waals surface area (Å²) in [6.07, 6.45) is 0.562. The fourth-order valence-electron chi connectivity index (χ4n) is 8.67. The zero-order valence-corrected chi connectivity index (χ0v) is 37.5. The summed E-state index contributed by atoms with van der Waals surface area (Å²) >= 11 is 0. The zero-order chi connectivity index (χ0) is 44.8. The van der Waals surface area contributed by atoms with Crippen LogP contribution in [0, 0.1) is 0 Å². The fraction of sp³-hybridized carbons (Fsp3) is 0.365. The first-order valence-corrected chi connectivity index (χ1v) is 23.7. The van der Waals surface area contributed by atoms with E-state index in [-0.39, 0.29) is 37.2 Å². The molecule has 1 aliphatic carbocycles. The van der Waals surface area contributed by atoms with E-state index in [0.717, 1.165) is 42.4 Å². The molecule has 1 fully saturated rings. The molecule has 1 heterocycles. The van der Waals surface area contributed by atoms with Crippen molar-refractivity contribution in [3.8, 4) is 0 Å². The van der Waals surface area contributed by atoms with Crippen molar-refractivity contribution in [3.63, 3.8) is 0 Å². The molecule has 2 N–H and O–H groups in total. The van der Waals surface area contributed by atoms with E-state index in [2.05, 4.69) is 5.32 Å². The number of aromatic nitrogens is 1. The lowest BCUT2D eigenvalue weighted by Gasteiger charge is -2.55. The van der Waals surface area contributed by atoms with E-state index in [1.54, 1.807) is 48.7 Å². The van der Waals surface area contributed by atoms with E-state index in [9.17, 15) is 18.3 Å². The smallest absolute Gasteiger partial charge is 0.268 e. The molecule has 64 heavy (non-hydrogen) atoms. The van der Waals surface area contributed by atoms with Crippen LogP contribution >= 0.6 is 0 Å². The zero-order valence-electron chi connectivity index (χ0n) is 36.7. The Hall–Kier alpha value is -5.18. The molecule has 1 aliphatic rings. The highest BCUT2D eigenvalue weighted by molar-refractivity contribution is 7.90. The van der Waals surface area contributed by atoms with Gasteiger partial charge in [0.25, 0.3) is 10.0 Å². The second kappa shape index (κ2) is 22.6. The summed E-state index contributed by atoms with van der Waals surface area (Å²) in [4.78, 5) is 11.5. The Morgan fingerprint density at radius 3 is 1.75 bits per heavy atom. The number of ether oxygens (including phenoxy) is 5. The minimum Gasteiger partial charge on any atom is -0.387 e. The molecule has 6 aromatic rings. The first-order chi connectivity index (χ1) is 31.2. The number of hydrogen-bond acceptors (Lipinski definition) is 9. The molecule has 1 saturated carbocycles. The molecule has 0 saturated heterocycles. The summed E-state index contributed by atoms with van der Waals surface area (Å²) in [6.45, 7) is 4.93. The number of unbranched alkanes of at least 4 members (excludes halogenated alkanes) is 4. The highest BCUT2D eigenvalue weighted by Gasteiger charge is 2.64. The Balaban J connectivity index is 1.36. The van der Waals surface area contributed by atoms with Gasteiger partial charge in [0.15, 0.2) is 5.60 Å². The molecule has 6 unspecified atom stereocenters. The third-order valence-corrected chi connectivity index (χ3v) is 13.4. The number of para-hydroxylation sites is 1. The lowest BCUT2D eigenvalue weighted by atomic mass is 9.70. The van der Waals surface area contributed by atoms with Crippen LogP contribution in [0.2, 0.25) is 0 Å². The van der Waals surface area contributed by atoms with Crippen LogP contribution in [0.25, 0.3) is 10.9 Å². The van der Waals surface area contributed by atoms with E-state index in [0.29, 0.717) is 36.0 Å². The molecule has 0 bridgehead atoms. The van der Waals surface area contributed by atoms with Crippen LogP contribution in [0.3, 0.4) is 0 Å². The van der Waals surface area contributed by atoms with Crippen LogP contribution in [0.15, 0.2) is 157 Å². The lowest BCUT2D eigenvalue weighted by molar-refractivity contribution is -0.321. The number of rotatable bonds is 23. The Bertz CT molecular complexity index is 2450. The van der Waals surface area contributed by atoms with E-state index in [4.69, 9.17) is 23.7 Å². The van der Waals surface area contributed by atoms with Crippen molar-refractivity contribution in [3.05, 3.63) is 174 Å². The molecule has 1 aromatic heterocycles. The van der Waals surface area contributed by atoms with Crippen molar-refractivity contribution in [1.82, 2.24) is 9.29 Å². The molecule has 1 amide bonds. The maximum absolute atomic E-state index is 14.6. The van der Waals surface area contributed by atoms with Crippen LogP contribution in [0.1, 0.15) is 68.2 Å². The predicted molar refractivity (Wildman–Crippen MR) is 247 cm³/mol. The fourth-order valence-corrected chi connectivity index (χ4v) is 10.1. The van der Waals surface area contributed by atoms with Crippen molar-refractivity contribution in [2.75, 3.05) is 19.8 Å². The van der Waals surface area contributed by atoms with E-state index < -0.39 is 46.1 Å². The van der Waals surface area contributed by atoms with Gasteiger partial charge < -0.3 is 34.1 Å². The van der Waals surface area contributed by atoms with Crippen molar-refractivity contribution in [2.24, 2.45) is 0 Å². The van der Waals surface area contributed by atoms with Gasteiger partial charge in [0, 0.05) is 43.8 Å². The molecule has 7 rings (SSSR count). The monoisotopic (exact) mass is 888 g/mol. The number of hydrogen-bond donors (Lipinski definition) is 2. The second-order valence-electron chi connectivity index (χ2n) is 16.2. The second-order valence-corrected chi connectivity index (χ2v) is 18.0. The SMILES string of the molecule is CCOC1(c2cn(S(=O)(=O)c3ccccc3)c3ccccc23)C(O)C(OCCCCCCCNC(C)=O)C(OCc2ccccc2)C(OCc2ccccc2)C1OCc1ccccc1. The molecule has 0 spiro atoms. The summed E-state index contributed by atoms with van der Waals surface area (Å²) in [5.41, 5.74) is 1.79. The Morgan fingerprint density at radius 2 is 1.16 bits per heavy atom. The van der Waals surface area contributed by atoms with Crippen molar-refractivity contribution < 1.29 is 42.0 Å². The number of nitrogens with zero attached hydrogens (tertiary/aromatic N) is 1. The van der Waals surface area contributed by atoms with Crippen LogP contribution in [0.4, 0.5) is 0 Å². The number of amides is 1. The number of nitrogens with one attached hydrogen (secondary N) is 1. The molecule has 0 radical (unpaired) electrons. The number of aliphatic hydroxyl groups is 1. The van der Waals surface area contributed by atoms with Gasteiger partial charge in [-0.05, 0) is 54.7 Å². The summed E-state index contributed by atoms with van der Waals surface area (Å²) < 4.78 is 65.4. The summed E-state index contributed by atoms with van der Waals surface area (Å²) in [5.74, 6) is -0.0345. The average molecular weight is 889 g/mol. The van der Waals surface area contributed by atoms with Crippen LogP contribution < -0.4 is 5.32 Å². The van der Waals surface area contributed by atoms with Gasteiger partial charge in [-0.2, -0.15) is 0 Å². The van der Waals surface area contributed by atoms with Gasteiger partial charge in [-0.15, -0.1) is 0 Å². The Kier molecular flexibility index (Phi) is 16.6. The molecule has 12 heteroatoms. The highest BCUT2D eigenvalue weighted by atomic mass is 32.2.